The van der Waals surface area contributed by atoms with E-state index in [0.29, 0.717) is 17.3 Å². The summed E-state index contributed by atoms with van der Waals surface area (Å²) in [5.41, 5.74) is -1.70. The van der Waals surface area contributed by atoms with Crippen LogP contribution >= 0.6 is 11.6 Å². The maximum Gasteiger partial charge on any atom is 0.417 e. The Bertz CT molecular complexity index is 1870. The minimum Gasteiger partial charge on any atom is -0.475 e. The van der Waals surface area contributed by atoms with E-state index in [9.17, 15) is 28.3 Å². The molecule has 14 heteroatoms. The van der Waals surface area contributed by atoms with E-state index in [1.807, 2.05) is 7.05 Å². The number of alkyl halides is 3. The molecule has 0 bridgehead atoms. The fraction of sp³-hybridized carbons (Fsp3) is 0.438. The minimum absolute atomic E-state index is 0.0184. The second kappa shape index (κ2) is 12.2. The van der Waals surface area contributed by atoms with E-state index in [-0.39, 0.29) is 65.4 Å². The van der Waals surface area contributed by atoms with Crippen LogP contribution in [0.1, 0.15) is 49.3 Å². The lowest BCUT2D eigenvalue weighted by atomic mass is 9.93. The zero-order valence-corrected chi connectivity index (χ0v) is 25.9. The third-order valence-corrected chi connectivity index (χ3v) is 9.50. The largest absolute Gasteiger partial charge is 0.475 e. The van der Waals surface area contributed by atoms with Crippen LogP contribution in [-0.2, 0) is 6.18 Å². The van der Waals surface area contributed by atoms with Gasteiger partial charge in [-0.1, -0.05) is 29.8 Å². The summed E-state index contributed by atoms with van der Waals surface area (Å²) in [5, 5.41) is 24.1. The molecule has 0 aliphatic carbocycles. The predicted octanol–water partition coefficient (Wildman–Crippen LogP) is 7.44. The molecule has 2 fully saturated rings. The van der Waals surface area contributed by atoms with Gasteiger partial charge < -0.3 is 19.6 Å². The van der Waals surface area contributed by atoms with Gasteiger partial charge >= 0.3 is 12.3 Å². The summed E-state index contributed by atoms with van der Waals surface area (Å²) < 4.78 is 67.2. The number of rotatable bonds is 6. The highest BCUT2D eigenvalue weighted by Crippen LogP contribution is 2.46. The molecule has 9 nitrogen and oxygen atoms in total. The lowest BCUT2D eigenvalue weighted by Crippen LogP contribution is -2.45. The Balaban J connectivity index is 1.55. The average Bonchev–Trinajstić information content (AvgIpc) is 3.62. The van der Waals surface area contributed by atoms with E-state index < -0.39 is 40.8 Å². The Morgan fingerprint density at radius 3 is 2.67 bits per heavy atom. The summed E-state index contributed by atoms with van der Waals surface area (Å²) in [7, 11) is 1.98. The zero-order chi connectivity index (χ0) is 32.9. The number of amides is 1. The van der Waals surface area contributed by atoms with E-state index in [2.05, 4.69) is 21.1 Å². The first-order valence-electron chi connectivity index (χ1n) is 15.0. The second-order valence-electron chi connectivity index (χ2n) is 12.0. The Labute approximate surface area is 266 Å². The van der Waals surface area contributed by atoms with Crippen molar-refractivity contribution in [2.45, 2.75) is 63.3 Å². The number of likely N-dealkylation sites (tertiary alicyclic amines) is 2. The lowest BCUT2D eigenvalue weighted by Gasteiger charge is -2.37. The number of ether oxygens (including phenoxy) is 1. The van der Waals surface area contributed by atoms with Crippen LogP contribution in [0.3, 0.4) is 0 Å². The Morgan fingerprint density at radius 2 is 2.00 bits per heavy atom. The zero-order valence-electron chi connectivity index (χ0n) is 25.1. The molecular weight excluding hydrogens is 628 g/mol. The van der Waals surface area contributed by atoms with Crippen LogP contribution in [0.5, 0.6) is 5.88 Å². The van der Waals surface area contributed by atoms with Crippen LogP contribution in [0.4, 0.5) is 22.4 Å². The van der Waals surface area contributed by atoms with E-state index in [1.165, 1.54) is 36.1 Å². The molecule has 2 aromatic heterocycles. The first-order valence-corrected chi connectivity index (χ1v) is 15.3. The molecule has 2 aromatic carbocycles. The van der Waals surface area contributed by atoms with Gasteiger partial charge in [0.1, 0.15) is 12.1 Å². The molecule has 4 aromatic rings. The van der Waals surface area contributed by atoms with Gasteiger partial charge in [0.05, 0.1) is 52.3 Å². The maximum absolute atomic E-state index is 16.7. The first-order chi connectivity index (χ1) is 21.9. The summed E-state index contributed by atoms with van der Waals surface area (Å²) in [6.07, 6.45) is -1.83. The molecule has 242 valence electrons. The molecule has 2 aliphatic rings. The van der Waals surface area contributed by atoms with Crippen molar-refractivity contribution in [2.24, 2.45) is 0 Å². The molecule has 3 atom stereocenters. The number of halogens is 5. The number of aryl methyl sites for hydroxylation is 1. The summed E-state index contributed by atoms with van der Waals surface area (Å²) in [6, 6.07) is 6.50. The number of hydrogen-bond acceptors (Lipinski definition) is 6. The molecule has 0 spiro atoms. The Hall–Kier alpha value is -4.15. The Kier molecular flexibility index (Phi) is 8.45. The summed E-state index contributed by atoms with van der Waals surface area (Å²) in [4.78, 5) is 19.8. The lowest BCUT2D eigenvalue weighted by molar-refractivity contribution is -0.137. The van der Waals surface area contributed by atoms with Gasteiger partial charge in [0.25, 0.3) is 0 Å². The van der Waals surface area contributed by atoms with Crippen LogP contribution < -0.4 is 4.74 Å². The summed E-state index contributed by atoms with van der Waals surface area (Å²) in [5.74, 6) is -0.947. The van der Waals surface area contributed by atoms with Gasteiger partial charge in [0, 0.05) is 23.5 Å². The van der Waals surface area contributed by atoms with Crippen molar-refractivity contribution >= 4 is 39.5 Å². The fourth-order valence-electron chi connectivity index (χ4n) is 6.90. The molecule has 2 unspecified atom stereocenters. The van der Waals surface area contributed by atoms with E-state index >= 15 is 4.39 Å². The first kappa shape index (κ1) is 31.8. The SMILES string of the molecule is Cc1cccc(-c2c(Cl)cc3c(nc(OC[C@@H]4CCCN4C)c4cnn(C5CCN(C(=O)O)C(CC#N)C5)c43)c2F)c1C(F)(F)F. The van der Waals surface area contributed by atoms with Gasteiger partial charge in [0.15, 0.2) is 5.82 Å². The molecule has 46 heavy (non-hydrogen) atoms. The molecule has 2 saturated heterocycles. The van der Waals surface area contributed by atoms with E-state index in [4.69, 9.17) is 16.3 Å². The molecule has 1 amide bonds. The minimum atomic E-state index is -4.77. The van der Waals surface area contributed by atoms with E-state index in [1.54, 1.807) is 10.9 Å². The van der Waals surface area contributed by atoms with Crippen molar-refractivity contribution in [1.29, 1.82) is 5.26 Å². The third-order valence-electron chi connectivity index (χ3n) is 9.20. The number of benzene rings is 2. The standard InChI is InChI=1S/C32H31ClF4N6O3/c1-17-5-3-7-21(26(17)32(35,36)37)25-24(33)14-22-28(27(25)34)40-30(46-16-20-6-4-11-41(20)2)23-15-39-43(29(22)23)19-9-12-42(31(44)45)18(13-19)8-10-38/h3,5,7,14-15,18-20H,4,6,8-9,11-13,16H2,1-2H3,(H,44,45)/t18?,19?,20-/m0/s1. The number of nitrogens with zero attached hydrogens (tertiary/aromatic N) is 6. The van der Waals surface area contributed by atoms with Gasteiger partial charge in [-0.25, -0.2) is 14.2 Å². The maximum atomic E-state index is 16.7. The monoisotopic (exact) mass is 658 g/mol. The molecule has 2 aliphatic heterocycles. The van der Waals surface area contributed by atoms with Gasteiger partial charge in [-0.3, -0.25) is 4.68 Å². The molecular formula is C32H31ClF4N6O3. The highest BCUT2D eigenvalue weighted by atomic mass is 35.5. The number of fused-ring (bicyclic) bond motifs is 3. The topological polar surface area (TPSA) is 108 Å². The normalized spacial score (nSPS) is 20.8. The van der Waals surface area contributed by atoms with Crippen molar-refractivity contribution in [3.63, 3.8) is 0 Å². The summed E-state index contributed by atoms with van der Waals surface area (Å²) >= 11 is 6.63. The van der Waals surface area contributed by atoms with E-state index in [0.717, 1.165) is 19.4 Å². The fourth-order valence-corrected chi connectivity index (χ4v) is 7.20. The summed E-state index contributed by atoms with van der Waals surface area (Å²) in [6.45, 7) is 2.62. The number of carboxylic acid groups (broad SMARTS) is 1. The third kappa shape index (κ3) is 5.58. The number of pyridine rings is 1. The molecule has 4 heterocycles. The highest BCUT2D eigenvalue weighted by Gasteiger charge is 2.38. The molecule has 0 radical (unpaired) electrons. The van der Waals surface area contributed by atoms with Crippen molar-refractivity contribution in [3.8, 4) is 23.1 Å². The quantitative estimate of drug-likeness (QED) is 0.215. The molecule has 6 rings (SSSR count). The number of nitriles is 1. The predicted molar refractivity (Wildman–Crippen MR) is 163 cm³/mol. The number of piperidine rings is 1. The highest BCUT2D eigenvalue weighted by molar-refractivity contribution is 6.34. The van der Waals surface area contributed by atoms with Gasteiger partial charge in [-0.15, -0.1) is 0 Å². The van der Waals surface area contributed by atoms with Crippen LogP contribution in [0.15, 0.2) is 30.5 Å². The Morgan fingerprint density at radius 1 is 1.22 bits per heavy atom. The smallest absolute Gasteiger partial charge is 0.417 e. The second-order valence-corrected chi connectivity index (χ2v) is 12.4. The van der Waals surface area contributed by atoms with Crippen molar-refractivity contribution in [2.75, 3.05) is 26.7 Å². The number of aromatic nitrogens is 3. The van der Waals surface area contributed by atoms with Crippen LogP contribution in [0, 0.1) is 24.1 Å². The number of likely N-dealkylation sites (N-methyl/N-ethyl adjacent to an activating group) is 1. The van der Waals surface area contributed by atoms with Crippen molar-refractivity contribution < 1.29 is 32.2 Å². The molecule has 1 N–H and O–H groups in total. The number of hydrogen-bond donors (Lipinski definition) is 1. The van der Waals surface area contributed by atoms with Gasteiger partial charge in [0.2, 0.25) is 5.88 Å². The van der Waals surface area contributed by atoms with Crippen molar-refractivity contribution in [3.05, 3.63) is 52.4 Å². The van der Waals surface area contributed by atoms with Crippen LogP contribution in [0.25, 0.3) is 32.9 Å². The van der Waals surface area contributed by atoms with Gasteiger partial charge in [-0.2, -0.15) is 23.5 Å². The molecule has 0 saturated carbocycles. The number of carbonyl (C=O) groups is 1. The van der Waals surface area contributed by atoms with Gasteiger partial charge in [-0.05, 0) is 63.4 Å². The van der Waals surface area contributed by atoms with Crippen LogP contribution in [-0.4, -0.2) is 74.6 Å². The van der Waals surface area contributed by atoms with Crippen LogP contribution in [0.2, 0.25) is 5.02 Å². The average molecular weight is 659 g/mol. The van der Waals surface area contributed by atoms with Crippen molar-refractivity contribution in [1.82, 2.24) is 24.6 Å².